The van der Waals surface area contributed by atoms with Crippen LogP contribution in [0.1, 0.15) is 61.1 Å². The van der Waals surface area contributed by atoms with Gasteiger partial charge in [0.1, 0.15) is 10.6 Å². The summed E-state index contributed by atoms with van der Waals surface area (Å²) in [6.45, 7) is 10.1. The Hall–Kier alpha value is -2.10. The van der Waals surface area contributed by atoms with Gasteiger partial charge in [0.2, 0.25) is 0 Å². The lowest BCUT2D eigenvalue weighted by Gasteiger charge is -2.28. The van der Waals surface area contributed by atoms with E-state index >= 15 is 4.39 Å². The van der Waals surface area contributed by atoms with Crippen LogP contribution < -0.4 is 4.72 Å². The molecule has 0 radical (unpaired) electrons. The lowest BCUT2D eigenvalue weighted by molar-refractivity contribution is -0.140. The number of benzene rings is 2. The van der Waals surface area contributed by atoms with Gasteiger partial charge in [0.25, 0.3) is 0 Å². The van der Waals surface area contributed by atoms with Gasteiger partial charge in [0.15, 0.2) is 0 Å². The van der Waals surface area contributed by atoms with Crippen LogP contribution in [0.15, 0.2) is 24.3 Å². The van der Waals surface area contributed by atoms with Crippen LogP contribution in [0.3, 0.4) is 0 Å². The Morgan fingerprint density at radius 2 is 1.69 bits per heavy atom. The molecule has 2 rings (SSSR count). The fraction of sp³-hybridized carbons (Fsp3) is 0.435. The van der Waals surface area contributed by atoms with Crippen molar-refractivity contribution in [1.82, 2.24) is 4.72 Å². The third kappa shape index (κ3) is 5.82. The lowest BCUT2D eigenvalue weighted by atomic mass is 9.89. The van der Waals surface area contributed by atoms with Crippen molar-refractivity contribution in [3.8, 4) is 11.1 Å². The number of carboxylic acid groups (broad SMARTS) is 1. The van der Waals surface area contributed by atoms with Crippen LogP contribution in [0.25, 0.3) is 11.1 Å². The molecule has 4 nitrogen and oxygen atoms in total. The molecule has 0 spiro atoms. The van der Waals surface area contributed by atoms with Gasteiger partial charge in [0, 0.05) is 16.9 Å². The van der Waals surface area contributed by atoms with Gasteiger partial charge in [-0.25, -0.2) is 4.39 Å². The van der Waals surface area contributed by atoms with Gasteiger partial charge in [-0.05, 0) is 81.5 Å². The molecule has 176 valence electrons. The molecule has 0 aliphatic carbocycles. The zero-order valence-corrected chi connectivity index (χ0v) is 19.6. The van der Waals surface area contributed by atoms with Crippen LogP contribution >= 0.6 is 0 Å². The maximum atomic E-state index is 15.1. The smallest absolute Gasteiger partial charge is 0.419 e. The molecule has 2 unspecified atom stereocenters. The highest BCUT2D eigenvalue weighted by Gasteiger charge is 2.39. The van der Waals surface area contributed by atoms with E-state index in [1.54, 1.807) is 40.7 Å². The molecule has 2 atom stereocenters. The average Bonchev–Trinajstić information content (AvgIpc) is 2.63. The van der Waals surface area contributed by atoms with E-state index in [1.807, 2.05) is 13.0 Å². The largest absolute Gasteiger partial charge is 0.598 e. The van der Waals surface area contributed by atoms with Crippen LogP contribution in [-0.2, 0) is 22.3 Å². The standard InChI is InChI=1S/C23H27F4NO3S/c1-12-7-8-13(2)20(14(12)3)15-9-16(21(24)17(10-15)23(25,26)27)18(11-19(29)30)28-32(31)22(4,5)6/h7-10,18,28H,11H2,1-6H3,(H,29,30). The number of hydrogen-bond acceptors (Lipinski definition) is 3. The van der Waals surface area contributed by atoms with Crippen molar-refractivity contribution in [3.63, 3.8) is 0 Å². The van der Waals surface area contributed by atoms with E-state index in [0.717, 1.165) is 17.2 Å². The summed E-state index contributed by atoms with van der Waals surface area (Å²) < 4.78 is 70.7. The molecule has 0 aliphatic rings. The van der Waals surface area contributed by atoms with E-state index in [1.165, 1.54) is 6.07 Å². The molecule has 32 heavy (non-hydrogen) atoms. The zero-order chi connectivity index (χ0) is 24.6. The Morgan fingerprint density at radius 3 is 2.19 bits per heavy atom. The second kappa shape index (κ2) is 9.41. The Bertz CT molecular complexity index is 1020. The number of halogens is 4. The van der Waals surface area contributed by atoms with E-state index in [0.29, 0.717) is 11.1 Å². The summed E-state index contributed by atoms with van der Waals surface area (Å²) >= 11 is -1.85. The summed E-state index contributed by atoms with van der Waals surface area (Å²) in [7, 11) is 0. The van der Waals surface area contributed by atoms with Gasteiger partial charge in [-0.3, -0.25) is 4.79 Å². The van der Waals surface area contributed by atoms with Crippen LogP contribution in [0.5, 0.6) is 0 Å². The number of nitrogens with one attached hydrogen (secondary N) is 1. The number of aliphatic carboxylic acids is 1. The van der Waals surface area contributed by atoms with Crippen molar-refractivity contribution in [2.45, 2.75) is 64.9 Å². The van der Waals surface area contributed by atoms with E-state index in [9.17, 15) is 27.6 Å². The monoisotopic (exact) mass is 473 g/mol. The zero-order valence-electron chi connectivity index (χ0n) is 18.8. The first-order chi connectivity index (χ1) is 14.5. The Morgan fingerprint density at radius 1 is 1.12 bits per heavy atom. The third-order valence-electron chi connectivity index (χ3n) is 5.20. The van der Waals surface area contributed by atoms with E-state index in [4.69, 9.17) is 0 Å². The fourth-order valence-electron chi connectivity index (χ4n) is 3.34. The Labute approximate surface area is 188 Å². The van der Waals surface area contributed by atoms with Crippen molar-refractivity contribution in [3.05, 3.63) is 57.9 Å². The van der Waals surface area contributed by atoms with Gasteiger partial charge in [0.05, 0.1) is 18.0 Å². The minimum Gasteiger partial charge on any atom is -0.598 e. The van der Waals surface area contributed by atoms with E-state index in [-0.39, 0.29) is 5.56 Å². The van der Waals surface area contributed by atoms with Crippen molar-refractivity contribution < 1.29 is 32.0 Å². The minimum absolute atomic E-state index is 0.117. The highest BCUT2D eigenvalue weighted by molar-refractivity contribution is 7.90. The number of hydrogen-bond donors (Lipinski definition) is 2. The number of rotatable bonds is 6. The van der Waals surface area contributed by atoms with Crippen LogP contribution in [0.4, 0.5) is 17.6 Å². The first kappa shape index (κ1) is 26.2. The Balaban J connectivity index is 2.82. The van der Waals surface area contributed by atoms with Crippen LogP contribution in [-0.4, -0.2) is 20.4 Å². The van der Waals surface area contributed by atoms with Gasteiger partial charge < -0.3 is 9.66 Å². The van der Waals surface area contributed by atoms with Gasteiger partial charge >= 0.3 is 12.1 Å². The molecule has 2 aromatic rings. The fourth-order valence-corrected chi connectivity index (χ4v) is 4.16. The van der Waals surface area contributed by atoms with Crippen molar-refractivity contribution in [2.75, 3.05) is 0 Å². The lowest BCUT2D eigenvalue weighted by Crippen LogP contribution is -2.42. The first-order valence-electron chi connectivity index (χ1n) is 9.91. The molecule has 0 aromatic heterocycles. The first-order valence-corrected chi connectivity index (χ1v) is 11.1. The molecule has 0 bridgehead atoms. The number of carboxylic acids is 1. The van der Waals surface area contributed by atoms with Gasteiger partial charge in [-0.2, -0.15) is 13.2 Å². The minimum atomic E-state index is -5.00. The molecule has 2 aromatic carbocycles. The second-order valence-corrected chi connectivity index (χ2v) is 10.8. The van der Waals surface area contributed by atoms with Gasteiger partial charge in [-0.15, -0.1) is 4.72 Å². The highest BCUT2D eigenvalue weighted by atomic mass is 32.2. The molecule has 9 heteroatoms. The molecule has 0 fully saturated rings. The number of carbonyl (C=O) groups is 1. The van der Waals surface area contributed by atoms with Crippen molar-refractivity contribution in [2.24, 2.45) is 0 Å². The normalized spacial score (nSPS) is 14.3. The maximum absolute atomic E-state index is 15.1. The van der Waals surface area contributed by atoms with E-state index in [2.05, 4.69) is 4.72 Å². The molecular weight excluding hydrogens is 446 g/mol. The van der Waals surface area contributed by atoms with Crippen LogP contribution in [0, 0.1) is 26.6 Å². The quantitative estimate of drug-likeness (QED) is 0.398. The SMILES string of the molecule is Cc1ccc(C)c(-c2cc(C(CC(=O)O)N[S+]([O-])C(C)(C)C)c(F)c(C(F)(F)F)c2)c1C. The molecule has 0 amide bonds. The summed E-state index contributed by atoms with van der Waals surface area (Å²) in [5, 5.41) is 9.31. The summed E-state index contributed by atoms with van der Waals surface area (Å²) in [6.07, 6.45) is -5.75. The van der Waals surface area contributed by atoms with Crippen molar-refractivity contribution >= 4 is 17.3 Å². The highest BCUT2D eigenvalue weighted by Crippen LogP contribution is 2.40. The van der Waals surface area contributed by atoms with Crippen LogP contribution in [0.2, 0.25) is 0 Å². The molecule has 2 N–H and O–H groups in total. The Kier molecular flexibility index (Phi) is 7.69. The predicted octanol–water partition coefficient (Wildman–Crippen LogP) is 6.00. The average molecular weight is 474 g/mol. The summed E-state index contributed by atoms with van der Waals surface area (Å²) in [6, 6.07) is 4.13. The number of alkyl halides is 3. The molecular formula is C23H27F4NO3S. The second-order valence-electron chi connectivity index (χ2n) is 8.77. The summed E-state index contributed by atoms with van der Waals surface area (Å²) in [4.78, 5) is 11.4. The number of aryl methyl sites for hydroxylation is 2. The van der Waals surface area contributed by atoms with E-state index < -0.39 is 57.7 Å². The molecule has 0 heterocycles. The van der Waals surface area contributed by atoms with Gasteiger partial charge in [-0.1, -0.05) is 12.1 Å². The topological polar surface area (TPSA) is 72.4 Å². The third-order valence-corrected chi connectivity index (χ3v) is 6.81. The maximum Gasteiger partial charge on any atom is 0.419 e. The summed E-state index contributed by atoms with van der Waals surface area (Å²) in [5.41, 5.74) is 0.920. The predicted molar refractivity (Wildman–Crippen MR) is 117 cm³/mol. The molecule has 0 saturated carbocycles. The molecule has 0 saturated heterocycles. The molecule has 0 aliphatic heterocycles. The van der Waals surface area contributed by atoms with Crippen molar-refractivity contribution in [1.29, 1.82) is 0 Å². The summed E-state index contributed by atoms with van der Waals surface area (Å²) in [5.74, 6) is -2.94.